The molecule has 2 aromatic carbocycles. The monoisotopic (exact) mass is 549 g/mol. The molecule has 0 radical (unpaired) electrons. The molecule has 0 saturated carbocycles. The number of nitrogens with one attached hydrogen (secondary N) is 2. The first-order chi connectivity index (χ1) is 18.9. The standard InChI is InChI=1S/C19H26N2O4.C12H13NO2/c1-13(2)14-6-8-15(9-7-14)16-12-17(21-25-16)23-11-10-20-18(22)24-19(3,4)5;1-8(2)9-3-5-10(6-4-9)11-7-12(14)13-15-11/h6-9,12-13H,10-11H2,1-5H3,(H,20,22);3-8H,1-2H3,(H,13,14). The minimum absolute atomic E-state index is 0.210. The Labute approximate surface area is 234 Å². The summed E-state index contributed by atoms with van der Waals surface area (Å²) in [5.74, 6) is 2.60. The van der Waals surface area contributed by atoms with E-state index in [-0.39, 0.29) is 12.2 Å². The number of benzene rings is 2. The molecule has 0 saturated heterocycles. The van der Waals surface area contributed by atoms with Gasteiger partial charge < -0.3 is 23.8 Å². The number of aromatic amines is 1. The van der Waals surface area contributed by atoms with Crippen molar-refractivity contribution in [2.75, 3.05) is 13.2 Å². The second-order valence-corrected chi connectivity index (χ2v) is 10.9. The summed E-state index contributed by atoms with van der Waals surface area (Å²) < 4.78 is 20.9. The molecule has 0 aliphatic rings. The molecule has 1 amide bonds. The Hall–Kier alpha value is -4.27. The summed E-state index contributed by atoms with van der Waals surface area (Å²) >= 11 is 0. The van der Waals surface area contributed by atoms with Gasteiger partial charge in [0.05, 0.1) is 12.6 Å². The van der Waals surface area contributed by atoms with Crippen LogP contribution >= 0.6 is 0 Å². The molecule has 0 unspecified atom stereocenters. The second-order valence-electron chi connectivity index (χ2n) is 10.9. The van der Waals surface area contributed by atoms with Crippen LogP contribution in [0.3, 0.4) is 0 Å². The average molecular weight is 550 g/mol. The fourth-order valence-corrected chi connectivity index (χ4v) is 3.58. The summed E-state index contributed by atoms with van der Waals surface area (Å²) in [4.78, 5) is 22.4. The van der Waals surface area contributed by atoms with Gasteiger partial charge in [0.15, 0.2) is 11.5 Å². The van der Waals surface area contributed by atoms with E-state index in [9.17, 15) is 9.59 Å². The number of hydrogen-bond donors (Lipinski definition) is 2. The van der Waals surface area contributed by atoms with Crippen molar-refractivity contribution >= 4 is 6.09 Å². The molecule has 0 spiro atoms. The largest absolute Gasteiger partial charge is 0.474 e. The lowest BCUT2D eigenvalue weighted by Crippen LogP contribution is -2.34. The molecule has 4 rings (SSSR count). The first-order valence-corrected chi connectivity index (χ1v) is 13.4. The van der Waals surface area contributed by atoms with Crippen LogP contribution in [0.25, 0.3) is 22.6 Å². The van der Waals surface area contributed by atoms with Crippen molar-refractivity contribution in [2.45, 2.75) is 65.9 Å². The fourth-order valence-electron chi connectivity index (χ4n) is 3.58. The Morgan fingerprint density at radius 3 is 1.93 bits per heavy atom. The van der Waals surface area contributed by atoms with E-state index in [1.54, 1.807) is 6.07 Å². The normalized spacial score (nSPS) is 11.2. The maximum Gasteiger partial charge on any atom is 0.407 e. The molecule has 2 aromatic heterocycles. The number of carbonyl (C=O) groups excluding carboxylic acids is 1. The van der Waals surface area contributed by atoms with E-state index in [1.807, 2.05) is 57.2 Å². The van der Waals surface area contributed by atoms with Crippen LogP contribution in [0.2, 0.25) is 0 Å². The number of amides is 1. The molecular weight excluding hydrogens is 510 g/mol. The molecule has 0 aliphatic carbocycles. The number of nitrogens with zero attached hydrogens (tertiary/aromatic N) is 1. The van der Waals surface area contributed by atoms with E-state index in [1.165, 1.54) is 17.2 Å². The topological polar surface area (TPSA) is 120 Å². The number of ether oxygens (including phenoxy) is 2. The van der Waals surface area contributed by atoms with Crippen LogP contribution in [0.1, 0.15) is 71.4 Å². The van der Waals surface area contributed by atoms with Gasteiger partial charge in [-0.3, -0.25) is 4.79 Å². The maximum absolute atomic E-state index is 11.5. The molecule has 0 fully saturated rings. The molecule has 0 bridgehead atoms. The maximum atomic E-state index is 11.5. The van der Waals surface area contributed by atoms with Crippen molar-refractivity contribution in [1.29, 1.82) is 0 Å². The molecule has 0 atom stereocenters. The van der Waals surface area contributed by atoms with Crippen molar-refractivity contribution in [3.8, 4) is 28.5 Å². The van der Waals surface area contributed by atoms with E-state index in [0.29, 0.717) is 35.8 Å². The number of H-pyrrole nitrogens is 1. The van der Waals surface area contributed by atoms with E-state index < -0.39 is 11.7 Å². The van der Waals surface area contributed by atoms with Crippen LogP contribution in [-0.4, -0.2) is 35.2 Å². The molecular formula is C31H39N3O6. The minimum atomic E-state index is -0.517. The van der Waals surface area contributed by atoms with Crippen molar-refractivity contribution in [1.82, 2.24) is 15.6 Å². The third-order valence-corrected chi connectivity index (χ3v) is 5.76. The minimum Gasteiger partial charge on any atom is -0.474 e. The summed E-state index contributed by atoms with van der Waals surface area (Å²) in [5.41, 5.74) is 3.68. The highest BCUT2D eigenvalue weighted by Crippen LogP contribution is 2.25. The molecule has 214 valence electrons. The average Bonchev–Trinajstić information content (AvgIpc) is 3.55. The fraction of sp³-hybridized carbons (Fsp3) is 0.387. The third-order valence-electron chi connectivity index (χ3n) is 5.76. The molecule has 2 heterocycles. The Bertz CT molecular complexity index is 1390. The lowest BCUT2D eigenvalue weighted by molar-refractivity contribution is 0.0519. The highest BCUT2D eigenvalue weighted by atomic mass is 16.6. The van der Waals surface area contributed by atoms with Gasteiger partial charge in [-0.1, -0.05) is 76.2 Å². The van der Waals surface area contributed by atoms with E-state index >= 15 is 0 Å². The Balaban J connectivity index is 0.000000249. The van der Waals surface area contributed by atoms with Gasteiger partial charge in [-0.15, -0.1) is 0 Å². The predicted molar refractivity (Wildman–Crippen MR) is 155 cm³/mol. The van der Waals surface area contributed by atoms with Gasteiger partial charge in [0, 0.05) is 17.2 Å². The first kappa shape index (κ1) is 30.3. The van der Waals surface area contributed by atoms with Crippen molar-refractivity contribution in [3.05, 3.63) is 82.1 Å². The zero-order chi connectivity index (χ0) is 29.3. The number of rotatable bonds is 8. The highest BCUT2D eigenvalue weighted by Gasteiger charge is 2.15. The summed E-state index contributed by atoms with van der Waals surface area (Å²) in [6.07, 6.45) is -0.470. The number of alkyl carbamates (subject to hydrolysis) is 1. The zero-order valence-corrected chi connectivity index (χ0v) is 24.2. The molecule has 2 N–H and O–H groups in total. The molecule has 0 aliphatic heterocycles. The highest BCUT2D eigenvalue weighted by molar-refractivity contribution is 5.67. The third kappa shape index (κ3) is 9.48. The molecule has 40 heavy (non-hydrogen) atoms. The zero-order valence-electron chi connectivity index (χ0n) is 24.2. The Morgan fingerprint density at radius 2 is 1.45 bits per heavy atom. The molecule has 9 heteroatoms. The van der Waals surface area contributed by atoms with Crippen LogP contribution in [0, 0.1) is 0 Å². The number of carbonyl (C=O) groups is 1. The van der Waals surface area contributed by atoms with Gasteiger partial charge in [0.1, 0.15) is 12.2 Å². The van der Waals surface area contributed by atoms with Gasteiger partial charge in [0.2, 0.25) is 0 Å². The quantitative estimate of drug-likeness (QED) is 0.224. The van der Waals surface area contributed by atoms with Crippen molar-refractivity contribution < 1.29 is 23.3 Å². The van der Waals surface area contributed by atoms with Gasteiger partial charge in [-0.25, -0.2) is 4.79 Å². The molecule has 4 aromatic rings. The SMILES string of the molecule is CC(C)c1ccc(-c2cc(=O)[nH]o2)cc1.CC(C)c1ccc(-c2cc(OCCNC(=O)OC(C)(C)C)no2)cc1. The summed E-state index contributed by atoms with van der Waals surface area (Å²) in [6.45, 7) is 14.6. The smallest absolute Gasteiger partial charge is 0.407 e. The van der Waals surface area contributed by atoms with Crippen molar-refractivity contribution in [3.63, 3.8) is 0 Å². The Morgan fingerprint density at radius 1 is 0.900 bits per heavy atom. The van der Waals surface area contributed by atoms with Gasteiger partial charge in [-0.2, -0.15) is 5.16 Å². The molecule has 9 nitrogen and oxygen atoms in total. The van der Waals surface area contributed by atoms with Crippen molar-refractivity contribution in [2.24, 2.45) is 0 Å². The van der Waals surface area contributed by atoms with E-state index in [4.69, 9.17) is 18.5 Å². The van der Waals surface area contributed by atoms with Gasteiger partial charge in [-0.05, 0) is 48.9 Å². The van der Waals surface area contributed by atoms with Crippen LogP contribution in [0.5, 0.6) is 5.88 Å². The van der Waals surface area contributed by atoms with E-state index in [2.05, 4.69) is 55.5 Å². The lowest BCUT2D eigenvalue weighted by atomic mass is 10.0. The Kier molecular flexibility index (Phi) is 10.4. The number of aromatic nitrogens is 2. The number of hydrogen-bond acceptors (Lipinski definition) is 7. The van der Waals surface area contributed by atoms with Gasteiger partial charge >= 0.3 is 6.09 Å². The van der Waals surface area contributed by atoms with E-state index in [0.717, 1.165) is 11.1 Å². The van der Waals surface area contributed by atoms with Crippen LogP contribution in [-0.2, 0) is 4.74 Å². The lowest BCUT2D eigenvalue weighted by Gasteiger charge is -2.19. The van der Waals surface area contributed by atoms with Crippen LogP contribution in [0.4, 0.5) is 4.79 Å². The summed E-state index contributed by atoms with van der Waals surface area (Å²) in [5, 5.41) is 8.78. The van der Waals surface area contributed by atoms with Crippen LogP contribution < -0.4 is 15.6 Å². The second kappa shape index (κ2) is 13.7. The summed E-state index contributed by atoms with van der Waals surface area (Å²) in [6, 6.07) is 19.4. The first-order valence-electron chi connectivity index (χ1n) is 13.4. The van der Waals surface area contributed by atoms with Crippen LogP contribution in [0.15, 0.2) is 74.5 Å². The summed E-state index contributed by atoms with van der Waals surface area (Å²) in [7, 11) is 0. The van der Waals surface area contributed by atoms with Gasteiger partial charge in [0.25, 0.3) is 11.4 Å². The predicted octanol–water partition coefficient (Wildman–Crippen LogP) is 7.13.